The summed E-state index contributed by atoms with van der Waals surface area (Å²) < 4.78 is 0. The SMILES string of the molecule is C=CCN(CC)CCC1(NC)CCCCC1. The van der Waals surface area contributed by atoms with Gasteiger partial charge in [0.25, 0.3) is 0 Å². The number of hydrogen-bond acceptors (Lipinski definition) is 2. The van der Waals surface area contributed by atoms with Gasteiger partial charge in [0.15, 0.2) is 0 Å². The largest absolute Gasteiger partial charge is 0.314 e. The number of hydrogen-bond donors (Lipinski definition) is 1. The second kappa shape index (κ2) is 7.08. The molecule has 16 heavy (non-hydrogen) atoms. The van der Waals surface area contributed by atoms with Crippen molar-refractivity contribution in [1.29, 1.82) is 0 Å². The molecule has 1 fully saturated rings. The van der Waals surface area contributed by atoms with E-state index in [0.717, 1.165) is 13.1 Å². The van der Waals surface area contributed by atoms with E-state index in [-0.39, 0.29) is 0 Å². The first-order chi connectivity index (χ1) is 7.76. The first kappa shape index (κ1) is 13.7. The van der Waals surface area contributed by atoms with Crippen molar-refractivity contribution in [2.24, 2.45) is 0 Å². The van der Waals surface area contributed by atoms with Gasteiger partial charge in [-0.25, -0.2) is 0 Å². The summed E-state index contributed by atoms with van der Waals surface area (Å²) in [6.45, 7) is 9.41. The standard InChI is InChI=1S/C14H28N2/c1-4-12-16(5-2)13-11-14(15-3)9-7-6-8-10-14/h4,15H,1,5-13H2,2-3H3. The maximum absolute atomic E-state index is 3.82. The van der Waals surface area contributed by atoms with E-state index in [1.54, 1.807) is 0 Å². The van der Waals surface area contributed by atoms with Gasteiger partial charge in [-0.3, -0.25) is 4.90 Å². The molecule has 2 heteroatoms. The van der Waals surface area contributed by atoms with Crippen LogP contribution in [0.25, 0.3) is 0 Å². The van der Waals surface area contributed by atoms with Gasteiger partial charge in [-0.15, -0.1) is 6.58 Å². The highest BCUT2D eigenvalue weighted by Gasteiger charge is 2.29. The molecule has 2 nitrogen and oxygen atoms in total. The van der Waals surface area contributed by atoms with E-state index in [1.165, 1.54) is 45.1 Å². The van der Waals surface area contributed by atoms with Crippen LogP contribution in [0.4, 0.5) is 0 Å². The minimum Gasteiger partial charge on any atom is -0.314 e. The average molecular weight is 224 g/mol. The van der Waals surface area contributed by atoms with Crippen LogP contribution < -0.4 is 5.32 Å². The molecule has 0 aliphatic heterocycles. The summed E-state index contributed by atoms with van der Waals surface area (Å²) in [5, 5.41) is 3.59. The van der Waals surface area contributed by atoms with Crippen molar-refractivity contribution in [3.63, 3.8) is 0 Å². The van der Waals surface area contributed by atoms with E-state index in [9.17, 15) is 0 Å². The minimum absolute atomic E-state index is 0.423. The molecule has 0 aromatic heterocycles. The predicted octanol–water partition coefficient (Wildman–Crippen LogP) is 2.81. The molecule has 0 saturated heterocycles. The molecular weight excluding hydrogens is 196 g/mol. The molecule has 0 aromatic carbocycles. The molecule has 94 valence electrons. The van der Waals surface area contributed by atoms with Gasteiger partial charge in [-0.1, -0.05) is 32.3 Å². The molecule has 0 spiro atoms. The fourth-order valence-electron chi connectivity index (χ4n) is 2.79. The van der Waals surface area contributed by atoms with Crippen molar-refractivity contribution >= 4 is 0 Å². The van der Waals surface area contributed by atoms with Crippen molar-refractivity contribution in [1.82, 2.24) is 10.2 Å². The Hall–Kier alpha value is -0.340. The molecule has 0 atom stereocenters. The van der Waals surface area contributed by atoms with Gasteiger partial charge in [0.2, 0.25) is 0 Å². The fourth-order valence-corrected chi connectivity index (χ4v) is 2.79. The first-order valence-corrected chi connectivity index (χ1v) is 6.78. The van der Waals surface area contributed by atoms with E-state index in [2.05, 4.69) is 30.8 Å². The Balaban J connectivity index is 2.39. The number of nitrogens with zero attached hydrogens (tertiary/aromatic N) is 1. The van der Waals surface area contributed by atoms with E-state index >= 15 is 0 Å². The Kier molecular flexibility index (Phi) is 6.07. The van der Waals surface area contributed by atoms with Gasteiger partial charge in [-0.2, -0.15) is 0 Å². The Morgan fingerprint density at radius 3 is 2.50 bits per heavy atom. The molecule has 0 radical (unpaired) electrons. The van der Waals surface area contributed by atoms with Crippen molar-refractivity contribution in [3.05, 3.63) is 12.7 Å². The highest BCUT2D eigenvalue weighted by Crippen LogP contribution is 2.30. The molecule has 0 amide bonds. The highest BCUT2D eigenvalue weighted by atomic mass is 15.1. The third-order valence-corrected chi connectivity index (χ3v) is 4.08. The molecule has 0 aromatic rings. The normalized spacial score (nSPS) is 19.9. The van der Waals surface area contributed by atoms with Crippen LogP contribution in [0, 0.1) is 0 Å². The van der Waals surface area contributed by atoms with Crippen molar-refractivity contribution in [2.45, 2.75) is 51.0 Å². The van der Waals surface area contributed by atoms with E-state index in [1.807, 2.05) is 6.08 Å². The summed E-state index contributed by atoms with van der Waals surface area (Å²) in [7, 11) is 2.13. The lowest BCUT2D eigenvalue weighted by Crippen LogP contribution is -2.47. The predicted molar refractivity (Wildman–Crippen MR) is 71.8 cm³/mol. The van der Waals surface area contributed by atoms with Gasteiger partial charge >= 0.3 is 0 Å². The maximum atomic E-state index is 3.82. The van der Waals surface area contributed by atoms with Crippen LogP contribution in [0.5, 0.6) is 0 Å². The van der Waals surface area contributed by atoms with Crippen molar-refractivity contribution < 1.29 is 0 Å². The van der Waals surface area contributed by atoms with Crippen LogP contribution in [0.1, 0.15) is 45.4 Å². The average Bonchev–Trinajstić information content (AvgIpc) is 2.35. The van der Waals surface area contributed by atoms with E-state index < -0.39 is 0 Å². The summed E-state index contributed by atoms with van der Waals surface area (Å²) >= 11 is 0. The summed E-state index contributed by atoms with van der Waals surface area (Å²) in [5.74, 6) is 0. The van der Waals surface area contributed by atoms with Gasteiger partial charge < -0.3 is 5.32 Å². The summed E-state index contributed by atoms with van der Waals surface area (Å²) in [4.78, 5) is 2.47. The summed E-state index contributed by atoms with van der Waals surface area (Å²) in [5.41, 5.74) is 0.423. The zero-order chi connectivity index (χ0) is 11.9. The first-order valence-electron chi connectivity index (χ1n) is 6.78. The van der Waals surface area contributed by atoms with E-state index in [0.29, 0.717) is 5.54 Å². The third-order valence-electron chi connectivity index (χ3n) is 4.08. The molecule has 1 N–H and O–H groups in total. The lowest BCUT2D eigenvalue weighted by Gasteiger charge is -2.38. The van der Waals surface area contributed by atoms with Crippen LogP contribution in [-0.2, 0) is 0 Å². The van der Waals surface area contributed by atoms with Gasteiger partial charge in [0.05, 0.1) is 0 Å². The van der Waals surface area contributed by atoms with Crippen LogP contribution >= 0.6 is 0 Å². The molecular formula is C14H28N2. The molecule has 1 rings (SSSR count). The zero-order valence-electron chi connectivity index (χ0n) is 11.1. The molecule has 1 aliphatic carbocycles. The van der Waals surface area contributed by atoms with E-state index in [4.69, 9.17) is 0 Å². The molecule has 0 bridgehead atoms. The lowest BCUT2D eigenvalue weighted by molar-refractivity contribution is 0.193. The quantitative estimate of drug-likeness (QED) is 0.669. The smallest absolute Gasteiger partial charge is 0.0190 e. The van der Waals surface area contributed by atoms with Crippen LogP contribution in [0.2, 0.25) is 0 Å². The molecule has 1 saturated carbocycles. The Morgan fingerprint density at radius 1 is 1.31 bits per heavy atom. The van der Waals surface area contributed by atoms with Crippen LogP contribution in [-0.4, -0.2) is 37.1 Å². The van der Waals surface area contributed by atoms with Gasteiger partial charge in [-0.05, 0) is 32.9 Å². The molecule has 1 aliphatic rings. The van der Waals surface area contributed by atoms with Crippen LogP contribution in [0.15, 0.2) is 12.7 Å². The Bertz CT molecular complexity index is 195. The van der Waals surface area contributed by atoms with Crippen molar-refractivity contribution in [3.8, 4) is 0 Å². The highest BCUT2D eigenvalue weighted by molar-refractivity contribution is 4.90. The molecule has 0 heterocycles. The van der Waals surface area contributed by atoms with Crippen molar-refractivity contribution in [2.75, 3.05) is 26.7 Å². The second-order valence-corrected chi connectivity index (χ2v) is 5.02. The summed E-state index contributed by atoms with van der Waals surface area (Å²) in [6, 6.07) is 0. The topological polar surface area (TPSA) is 15.3 Å². The number of likely N-dealkylation sites (N-methyl/N-ethyl adjacent to an activating group) is 1. The molecule has 0 unspecified atom stereocenters. The van der Waals surface area contributed by atoms with Gasteiger partial charge in [0.1, 0.15) is 0 Å². The summed E-state index contributed by atoms with van der Waals surface area (Å²) in [6.07, 6.45) is 10.2. The number of rotatable bonds is 7. The second-order valence-electron chi connectivity index (χ2n) is 5.02. The maximum Gasteiger partial charge on any atom is 0.0190 e. The Labute approximate surface area is 101 Å². The monoisotopic (exact) mass is 224 g/mol. The number of nitrogens with one attached hydrogen (secondary N) is 1. The van der Waals surface area contributed by atoms with Crippen LogP contribution in [0.3, 0.4) is 0 Å². The lowest BCUT2D eigenvalue weighted by atomic mass is 9.79. The fraction of sp³-hybridized carbons (Fsp3) is 0.857. The van der Waals surface area contributed by atoms with Gasteiger partial charge in [0, 0.05) is 18.6 Å². The minimum atomic E-state index is 0.423. The zero-order valence-corrected chi connectivity index (χ0v) is 11.1. The Morgan fingerprint density at radius 2 is 2.00 bits per heavy atom. The third kappa shape index (κ3) is 3.91.